The molecule has 0 aliphatic carbocycles. The number of ether oxygens (including phenoxy) is 3. The molecule has 4 heterocycles. The molecule has 2 bridgehead atoms. The number of anilines is 2. The molecule has 12 nitrogen and oxygen atoms in total. The van der Waals surface area contributed by atoms with Crippen molar-refractivity contribution in [3.05, 3.63) is 54.1 Å². The predicted molar refractivity (Wildman–Crippen MR) is 124 cm³/mol. The minimum Gasteiger partial charge on any atom is -0.377 e. The summed E-state index contributed by atoms with van der Waals surface area (Å²) in [6, 6.07) is 5.57. The van der Waals surface area contributed by atoms with Crippen LogP contribution in [0.15, 0.2) is 43.0 Å². The minimum atomic E-state index is -0.294. The maximum absolute atomic E-state index is 12.9. The van der Waals surface area contributed by atoms with Crippen LogP contribution in [0.5, 0.6) is 0 Å². The highest BCUT2D eigenvalue weighted by Gasteiger charge is 2.15. The molecule has 180 valence electrons. The Balaban J connectivity index is 1.38. The van der Waals surface area contributed by atoms with Crippen LogP contribution < -0.4 is 16.0 Å². The summed E-state index contributed by atoms with van der Waals surface area (Å²) in [6.07, 6.45) is 6.72. The van der Waals surface area contributed by atoms with Crippen LogP contribution in [0.2, 0.25) is 0 Å². The van der Waals surface area contributed by atoms with Gasteiger partial charge in [0.25, 0.3) is 5.91 Å². The van der Waals surface area contributed by atoms with Gasteiger partial charge in [-0.15, -0.1) is 0 Å². The van der Waals surface area contributed by atoms with Gasteiger partial charge in [0.15, 0.2) is 5.82 Å². The highest BCUT2D eigenvalue weighted by molar-refractivity contribution is 5.98. The second-order valence-corrected chi connectivity index (χ2v) is 7.30. The summed E-state index contributed by atoms with van der Waals surface area (Å²) in [5.41, 5.74) is 1.20. The summed E-state index contributed by atoms with van der Waals surface area (Å²) in [7, 11) is 0. The van der Waals surface area contributed by atoms with Crippen molar-refractivity contribution in [1.29, 1.82) is 0 Å². The molecule has 3 aromatic heterocycles. The zero-order chi connectivity index (χ0) is 23.4. The topological polar surface area (TPSA) is 137 Å². The molecule has 0 aromatic carbocycles. The second kappa shape index (κ2) is 12.6. The molecule has 1 amide bonds. The first-order valence-corrected chi connectivity index (χ1v) is 11.1. The number of nitrogens with zero attached hydrogens (tertiary/aromatic N) is 5. The molecule has 1 aliphatic heterocycles. The number of aromatic nitrogens is 5. The Kier molecular flexibility index (Phi) is 8.71. The zero-order valence-corrected chi connectivity index (χ0v) is 18.8. The van der Waals surface area contributed by atoms with Crippen molar-refractivity contribution < 1.29 is 19.0 Å². The SMILES string of the molecule is O=C(NCc1ccc(-n2cccn2)nc1)c1cnc2nc1NCCOCCOCCOCCN2. The number of hydrogen-bond donors (Lipinski definition) is 3. The molecule has 0 saturated carbocycles. The van der Waals surface area contributed by atoms with Gasteiger partial charge in [0, 0.05) is 44.4 Å². The number of carbonyl (C=O) groups is 1. The number of rotatable bonds is 4. The van der Waals surface area contributed by atoms with E-state index in [0.717, 1.165) is 5.56 Å². The third kappa shape index (κ3) is 6.94. The number of pyridine rings is 1. The number of amides is 1. The Hall–Kier alpha value is -3.61. The number of hydrogen-bond acceptors (Lipinski definition) is 10. The molecule has 34 heavy (non-hydrogen) atoms. The first kappa shape index (κ1) is 23.5. The maximum atomic E-state index is 12.9. The fourth-order valence-electron chi connectivity index (χ4n) is 3.13. The van der Waals surface area contributed by atoms with E-state index in [0.29, 0.717) is 82.4 Å². The molecule has 0 atom stereocenters. The van der Waals surface area contributed by atoms with Gasteiger partial charge < -0.3 is 30.2 Å². The fraction of sp³-hybridized carbons (Fsp3) is 0.409. The zero-order valence-electron chi connectivity index (χ0n) is 18.8. The normalized spacial score (nSPS) is 15.6. The summed E-state index contributed by atoms with van der Waals surface area (Å²) < 4.78 is 18.2. The largest absolute Gasteiger partial charge is 0.377 e. The molecule has 1 aliphatic rings. The minimum absolute atomic E-state index is 0.294. The van der Waals surface area contributed by atoms with E-state index in [1.54, 1.807) is 17.1 Å². The number of fused-ring (bicyclic) bond motifs is 2. The maximum Gasteiger partial charge on any atom is 0.256 e. The molecule has 0 spiro atoms. The Bertz CT molecular complexity index is 1030. The van der Waals surface area contributed by atoms with Gasteiger partial charge in [-0.2, -0.15) is 10.1 Å². The molecular weight excluding hydrogens is 440 g/mol. The lowest BCUT2D eigenvalue weighted by atomic mass is 10.2. The van der Waals surface area contributed by atoms with Gasteiger partial charge in [0.1, 0.15) is 11.4 Å². The monoisotopic (exact) mass is 468 g/mol. The quantitative estimate of drug-likeness (QED) is 0.506. The Morgan fingerprint density at radius 1 is 0.971 bits per heavy atom. The average molecular weight is 469 g/mol. The predicted octanol–water partition coefficient (Wildman–Crippen LogP) is 0.875. The van der Waals surface area contributed by atoms with E-state index >= 15 is 0 Å². The van der Waals surface area contributed by atoms with Gasteiger partial charge in [0.05, 0.1) is 39.6 Å². The van der Waals surface area contributed by atoms with Crippen LogP contribution in [0.3, 0.4) is 0 Å². The second-order valence-electron chi connectivity index (χ2n) is 7.30. The van der Waals surface area contributed by atoms with Crippen LogP contribution in [0.1, 0.15) is 15.9 Å². The number of carbonyl (C=O) groups excluding carboxylic acids is 1. The highest BCUT2D eigenvalue weighted by atomic mass is 16.5. The van der Waals surface area contributed by atoms with E-state index in [1.807, 2.05) is 24.4 Å². The van der Waals surface area contributed by atoms with Crippen molar-refractivity contribution >= 4 is 17.7 Å². The molecular formula is C22H28N8O4. The Labute approximate surface area is 197 Å². The first-order valence-electron chi connectivity index (χ1n) is 11.1. The van der Waals surface area contributed by atoms with E-state index in [-0.39, 0.29) is 5.91 Å². The van der Waals surface area contributed by atoms with Crippen molar-refractivity contribution in [3.63, 3.8) is 0 Å². The van der Waals surface area contributed by atoms with E-state index in [2.05, 4.69) is 36.0 Å². The molecule has 4 rings (SSSR count). The summed E-state index contributed by atoms with van der Waals surface area (Å²) in [5.74, 6) is 1.24. The van der Waals surface area contributed by atoms with Gasteiger partial charge in [-0.25, -0.2) is 14.6 Å². The summed E-state index contributed by atoms with van der Waals surface area (Å²) in [4.78, 5) is 26.0. The number of nitrogens with one attached hydrogen (secondary N) is 3. The van der Waals surface area contributed by atoms with E-state index in [4.69, 9.17) is 14.2 Å². The summed E-state index contributed by atoms with van der Waals surface area (Å²) in [5, 5.41) is 13.3. The van der Waals surface area contributed by atoms with Gasteiger partial charge in [-0.05, 0) is 17.7 Å². The molecule has 0 saturated heterocycles. The van der Waals surface area contributed by atoms with E-state index in [9.17, 15) is 4.79 Å². The highest BCUT2D eigenvalue weighted by Crippen LogP contribution is 2.14. The smallest absolute Gasteiger partial charge is 0.256 e. The van der Waals surface area contributed by atoms with Gasteiger partial charge >= 0.3 is 0 Å². The van der Waals surface area contributed by atoms with Crippen molar-refractivity contribution in [2.75, 3.05) is 63.4 Å². The van der Waals surface area contributed by atoms with Crippen LogP contribution in [0.4, 0.5) is 11.8 Å². The van der Waals surface area contributed by atoms with Crippen molar-refractivity contribution in [2.24, 2.45) is 0 Å². The fourth-order valence-corrected chi connectivity index (χ4v) is 3.13. The van der Waals surface area contributed by atoms with Crippen LogP contribution in [-0.2, 0) is 20.8 Å². The lowest BCUT2D eigenvalue weighted by Gasteiger charge is -2.14. The molecule has 0 radical (unpaired) electrons. The molecule has 0 fully saturated rings. The van der Waals surface area contributed by atoms with Crippen molar-refractivity contribution in [3.8, 4) is 5.82 Å². The molecule has 3 aromatic rings. The third-order valence-corrected chi connectivity index (χ3v) is 4.85. The van der Waals surface area contributed by atoms with E-state index < -0.39 is 0 Å². The average Bonchev–Trinajstić information content (AvgIpc) is 3.40. The van der Waals surface area contributed by atoms with Crippen LogP contribution in [0.25, 0.3) is 5.82 Å². The Morgan fingerprint density at radius 3 is 2.44 bits per heavy atom. The summed E-state index contributed by atoms with van der Waals surface area (Å²) >= 11 is 0. The van der Waals surface area contributed by atoms with Crippen LogP contribution in [0, 0.1) is 0 Å². The third-order valence-electron chi connectivity index (χ3n) is 4.85. The molecule has 3 N–H and O–H groups in total. The van der Waals surface area contributed by atoms with Crippen molar-refractivity contribution in [2.45, 2.75) is 6.54 Å². The Morgan fingerprint density at radius 2 is 1.74 bits per heavy atom. The van der Waals surface area contributed by atoms with Crippen molar-refractivity contribution in [1.82, 2.24) is 30.0 Å². The standard InChI is InChI=1S/C22H28N8O4/c31-21(26-15-17-2-3-19(25-14-17)30-7-1-4-28-30)18-16-27-22-24-6-9-33-11-13-34-12-10-32-8-5-23-20(18)29-22/h1-4,7,14,16H,5-6,8-13,15H2,(H,26,31)(H2,23,24,27,29). The van der Waals surface area contributed by atoms with Gasteiger partial charge in [-0.1, -0.05) is 6.07 Å². The molecule has 0 unspecified atom stereocenters. The van der Waals surface area contributed by atoms with E-state index in [1.165, 1.54) is 6.20 Å². The lowest BCUT2D eigenvalue weighted by molar-refractivity contribution is 0.0182. The van der Waals surface area contributed by atoms with Gasteiger partial charge in [-0.3, -0.25) is 4.79 Å². The lowest BCUT2D eigenvalue weighted by Crippen LogP contribution is -2.26. The first-order chi connectivity index (χ1) is 16.8. The summed E-state index contributed by atoms with van der Waals surface area (Å²) in [6.45, 7) is 4.29. The molecule has 12 heteroatoms. The van der Waals surface area contributed by atoms with Gasteiger partial charge in [0.2, 0.25) is 5.95 Å². The van der Waals surface area contributed by atoms with Crippen LogP contribution in [-0.4, -0.2) is 83.4 Å². The van der Waals surface area contributed by atoms with Crippen LogP contribution >= 0.6 is 0 Å².